The summed E-state index contributed by atoms with van der Waals surface area (Å²) < 4.78 is 5.07. The van der Waals surface area contributed by atoms with Gasteiger partial charge in [-0.15, -0.1) is 0 Å². The number of halogens is 1. The topological polar surface area (TPSA) is 38.3 Å². The van der Waals surface area contributed by atoms with Crippen LogP contribution in [0.2, 0.25) is 0 Å². The van der Waals surface area contributed by atoms with Crippen LogP contribution in [0.3, 0.4) is 0 Å². The van der Waals surface area contributed by atoms with Gasteiger partial charge in [0.2, 0.25) is 0 Å². The van der Waals surface area contributed by atoms with Gasteiger partial charge in [0.15, 0.2) is 0 Å². The molecule has 1 aromatic rings. The summed E-state index contributed by atoms with van der Waals surface area (Å²) in [4.78, 5) is 12.5. The molecule has 1 fully saturated rings. The molecule has 18 heavy (non-hydrogen) atoms. The fourth-order valence-corrected chi connectivity index (χ4v) is 3.06. The van der Waals surface area contributed by atoms with Gasteiger partial charge < -0.3 is 10.1 Å². The van der Waals surface area contributed by atoms with Crippen molar-refractivity contribution in [2.75, 3.05) is 13.7 Å². The van der Waals surface area contributed by atoms with Gasteiger partial charge in [0.1, 0.15) is 5.75 Å². The van der Waals surface area contributed by atoms with E-state index in [1.807, 2.05) is 0 Å². The van der Waals surface area contributed by atoms with Gasteiger partial charge in [-0.3, -0.25) is 4.79 Å². The second-order valence-electron chi connectivity index (χ2n) is 4.65. The van der Waals surface area contributed by atoms with Gasteiger partial charge in [0, 0.05) is 16.9 Å². The highest BCUT2D eigenvalue weighted by atomic mass is 79.9. The summed E-state index contributed by atoms with van der Waals surface area (Å²) >= 11 is 3.66. The minimum atomic E-state index is -0.00995. The fraction of sp³-hybridized carbons (Fsp3) is 0.500. The lowest BCUT2D eigenvalue weighted by Gasteiger charge is -2.14. The van der Waals surface area contributed by atoms with Crippen LogP contribution in [0.4, 0.5) is 0 Å². The van der Waals surface area contributed by atoms with Crippen molar-refractivity contribution in [1.29, 1.82) is 0 Å². The first-order valence-corrected chi connectivity index (χ1v) is 7.18. The summed E-state index contributed by atoms with van der Waals surface area (Å²) in [5.74, 6) is 1.32. The number of amides is 1. The van der Waals surface area contributed by atoms with Crippen LogP contribution in [-0.2, 0) is 0 Å². The number of hydrogen-bond acceptors (Lipinski definition) is 2. The van der Waals surface area contributed by atoms with E-state index in [1.165, 1.54) is 19.3 Å². The number of carbonyl (C=O) groups is 1. The lowest BCUT2D eigenvalue weighted by Crippen LogP contribution is -2.30. The van der Waals surface area contributed by atoms with Gasteiger partial charge >= 0.3 is 0 Å². The van der Waals surface area contributed by atoms with Crippen molar-refractivity contribution in [2.24, 2.45) is 5.92 Å². The first-order chi connectivity index (χ1) is 8.70. The second-order valence-corrected chi connectivity index (χ2v) is 5.82. The van der Waals surface area contributed by atoms with Gasteiger partial charge in [-0.05, 0) is 43.0 Å². The SMILES string of the molecule is COc1ccc(C(=O)NCC2CCCC2Br)cc1. The van der Waals surface area contributed by atoms with E-state index < -0.39 is 0 Å². The molecular weight excluding hydrogens is 294 g/mol. The van der Waals surface area contributed by atoms with Crippen molar-refractivity contribution >= 4 is 21.8 Å². The van der Waals surface area contributed by atoms with E-state index in [1.54, 1.807) is 31.4 Å². The minimum absolute atomic E-state index is 0.00995. The molecule has 4 heteroatoms. The van der Waals surface area contributed by atoms with E-state index in [4.69, 9.17) is 4.74 Å². The molecule has 2 atom stereocenters. The molecule has 0 saturated heterocycles. The van der Waals surface area contributed by atoms with Gasteiger partial charge in [0.05, 0.1) is 7.11 Å². The van der Waals surface area contributed by atoms with E-state index >= 15 is 0 Å². The molecule has 1 aromatic carbocycles. The van der Waals surface area contributed by atoms with E-state index in [0.717, 1.165) is 12.3 Å². The van der Waals surface area contributed by atoms with Crippen molar-refractivity contribution in [3.05, 3.63) is 29.8 Å². The monoisotopic (exact) mass is 311 g/mol. The zero-order chi connectivity index (χ0) is 13.0. The maximum absolute atomic E-state index is 11.9. The predicted molar refractivity (Wildman–Crippen MR) is 75.4 cm³/mol. The Hall–Kier alpha value is -1.03. The zero-order valence-corrected chi connectivity index (χ0v) is 12.1. The van der Waals surface area contributed by atoms with Crippen molar-refractivity contribution in [3.63, 3.8) is 0 Å². The van der Waals surface area contributed by atoms with Crippen LogP contribution in [0.1, 0.15) is 29.6 Å². The van der Waals surface area contributed by atoms with Crippen molar-refractivity contribution in [3.8, 4) is 5.75 Å². The maximum Gasteiger partial charge on any atom is 0.251 e. The van der Waals surface area contributed by atoms with Crippen LogP contribution in [0.15, 0.2) is 24.3 Å². The fourth-order valence-electron chi connectivity index (χ4n) is 2.29. The number of hydrogen-bond donors (Lipinski definition) is 1. The first kappa shape index (κ1) is 13.4. The molecule has 0 spiro atoms. The quantitative estimate of drug-likeness (QED) is 0.868. The number of benzene rings is 1. The molecule has 0 bridgehead atoms. The van der Waals surface area contributed by atoms with Crippen LogP contribution in [0.5, 0.6) is 5.75 Å². The molecule has 0 aromatic heterocycles. The summed E-state index contributed by atoms with van der Waals surface area (Å²) in [6.45, 7) is 0.751. The molecule has 1 N–H and O–H groups in total. The molecule has 98 valence electrons. The molecule has 0 aliphatic heterocycles. The Labute approximate surface area is 116 Å². The third-order valence-corrected chi connectivity index (χ3v) is 4.65. The first-order valence-electron chi connectivity index (χ1n) is 6.27. The van der Waals surface area contributed by atoms with Crippen molar-refractivity contribution in [1.82, 2.24) is 5.32 Å². The maximum atomic E-state index is 11.9. The Morgan fingerprint density at radius 1 is 1.39 bits per heavy atom. The average Bonchev–Trinajstić information content (AvgIpc) is 2.81. The Kier molecular flexibility index (Phi) is 4.64. The van der Waals surface area contributed by atoms with Crippen LogP contribution in [-0.4, -0.2) is 24.4 Å². The summed E-state index contributed by atoms with van der Waals surface area (Å²) in [7, 11) is 1.62. The Bertz CT molecular complexity index is 405. The van der Waals surface area contributed by atoms with E-state index in [9.17, 15) is 4.79 Å². The van der Waals surface area contributed by atoms with Crippen molar-refractivity contribution < 1.29 is 9.53 Å². The number of methoxy groups -OCH3 is 1. The highest BCUT2D eigenvalue weighted by molar-refractivity contribution is 9.09. The number of carbonyl (C=O) groups excluding carboxylic acids is 1. The normalized spacial score (nSPS) is 22.8. The summed E-state index contributed by atoms with van der Waals surface area (Å²) in [6, 6.07) is 7.18. The molecule has 1 aliphatic rings. The lowest BCUT2D eigenvalue weighted by atomic mass is 10.1. The Morgan fingerprint density at radius 2 is 2.11 bits per heavy atom. The highest BCUT2D eigenvalue weighted by Crippen LogP contribution is 2.30. The third-order valence-electron chi connectivity index (χ3n) is 3.44. The van der Waals surface area contributed by atoms with Crippen LogP contribution < -0.4 is 10.1 Å². The van der Waals surface area contributed by atoms with Gasteiger partial charge in [-0.25, -0.2) is 0 Å². The third kappa shape index (κ3) is 3.25. The standard InChI is InChI=1S/C14H18BrNO2/c1-18-12-7-5-10(6-8-12)14(17)16-9-11-3-2-4-13(11)15/h5-8,11,13H,2-4,9H2,1H3,(H,16,17). The zero-order valence-electron chi connectivity index (χ0n) is 10.5. The smallest absolute Gasteiger partial charge is 0.251 e. The van der Waals surface area contributed by atoms with E-state index in [0.29, 0.717) is 16.3 Å². The molecule has 0 heterocycles. The minimum Gasteiger partial charge on any atom is -0.497 e. The van der Waals surface area contributed by atoms with Crippen LogP contribution >= 0.6 is 15.9 Å². The molecule has 0 radical (unpaired) electrons. The Morgan fingerprint density at radius 3 is 2.67 bits per heavy atom. The molecule has 1 amide bonds. The van der Waals surface area contributed by atoms with Gasteiger partial charge in [0.25, 0.3) is 5.91 Å². The molecule has 2 rings (SSSR count). The largest absolute Gasteiger partial charge is 0.497 e. The van der Waals surface area contributed by atoms with E-state index in [2.05, 4.69) is 21.2 Å². The lowest BCUT2D eigenvalue weighted by molar-refractivity contribution is 0.0948. The number of rotatable bonds is 4. The molecule has 1 saturated carbocycles. The Balaban J connectivity index is 1.87. The average molecular weight is 312 g/mol. The molecule has 2 unspecified atom stereocenters. The summed E-state index contributed by atoms with van der Waals surface area (Å²) in [5, 5.41) is 3.00. The van der Waals surface area contributed by atoms with Gasteiger partial charge in [-0.1, -0.05) is 22.4 Å². The van der Waals surface area contributed by atoms with Crippen molar-refractivity contribution in [2.45, 2.75) is 24.1 Å². The van der Waals surface area contributed by atoms with Crippen LogP contribution in [0, 0.1) is 5.92 Å². The van der Waals surface area contributed by atoms with Gasteiger partial charge in [-0.2, -0.15) is 0 Å². The predicted octanol–water partition coefficient (Wildman–Crippen LogP) is 2.99. The number of alkyl halides is 1. The highest BCUT2D eigenvalue weighted by Gasteiger charge is 2.25. The summed E-state index contributed by atoms with van der Waals surface area (Å²) in [6.07, 6.45) is 3.65. The molecule has 3 nitrogen and oxygen atoms in total. The number of ether oxygens (including phenoxy) is 1. The van der Waals surface area contributed by atoms with Crippen LogP contribution in [0.25, 0.3) is 0 Å². The number of nitrogens with one attached hydrogen (secondary N) is 1. The van der Waals surface area contributed by atoms with E-state index in [-0.39, 0.29) is 5.91 Å². The molecule has 1 aliphatic carbocycles. The summed E-state index contributed by atoms with van der Waals surface area (Å²) in [5.41, 5.74) is 0.680. The molecular formula is C14H18BrNO2. The second kappa shape index (κ2) is 6.23.